The summed E-state index contributed by atoms with van der Waals surface area (Å²) >= 11 is 0. The van der Waals surface area contributed by atoms with Crippen LogP contribution < -0.4 is 15.0 Å². The number of rotatable bonds is 3. The Labute approximate surface area is 188 Å². The Morgan fingerprint density at radius 1 is 1.15 bits per heavy atom. The molecule has 0 aliphatic carbocycles. The van der Waals surface area contributed by atoms with Gasteiger partial charge in [0.15, 0.2) is 0 Å². The van der Waals surface area contributed by atoms with Crippen LogP contribution in [0.15, 0.2) is 42.5 Å². The third-order valence-corrected chi connectivity index (χ3v) is 7.51. The number of methoxy groups -OCH3 is 1. The number of nitro benzene ring substituents is 1. The molecule has 3 amide bonds. The molecule has 0 aromatic heterocycles. The van der Waals surface area contributed by atoms with Gasteiger partial charge in [0.25, 0.3) is 5.69 Å². The van der Waals surface area contributed by atoms with Gasteiger partial charge in [-0.1, -0.05) is 18.2 Å². The van der Waals surface area contributed by atoms with Crippen LogP contribution in [0.3, 0.4) is 0 Å². The smallest absolute Gasteiger partial charge is 0.271 e. The quantitative estimate of drug-likeness (QED) is 0.433. The van der Waals surface area contributed by atoms with E-state index in [1.807, 2.05) is 23.1 Å². The van der Waals surface area contributed by atoms with E-state index < -0.39 is 34.1 Å². The topological polar surface area (TPSA) is 122 Å². The summed E-state index contributed by atoms with van der Waals surface area (Å²) in [6.45, 7) is 0.611. The first-order valence-electron chi connectivity index (χ1n) is 10.8. The van der Waals surface area contributed by atoms with Crippen molar-refractivity contribution in [1.82, 2.24) is 4.90 Å². The van der Waals surface area contributed by atoms with Gasteiger partial charge in [-0.05, 0) is 31.5 Å². The molecule has 6 rings (SSSR count). The Kier molecular flexibility index (Phi) is 3.98. The molecule has 0 unspecified atom stereocenters. The summed E-state index contributed by atoms with van der Waals surface area (Å²) < 4.78 is 5.33. The Morgan fingerprint density at radius 2 is 1.94 bits per heavy atom. The number of benzene rings is 2. The number of hydrogen-bond acceptors (Lipinski definition) is 7. The van der Waals surface area contributed by atoms with Gasteiger partial charge in [0.2, 0.25) is 17.7 Å². The van der Waals surface area contributed by atoms with E-state index in [1.54, 1.807) is 6.07 Å². The molecule has 0 bridgehead atoms. The van der Waals surface area contributed by atoms with E-state index >= 15 is 0 Å². The number of carbonyl (C=O) groups excluding carboxylic acids is 3. The summed E-state index contributed by atoms with van der Waals surface area (Å²) in [6.07, 6.45) is 1.50. The first-order valence-corrected chi connectivity index (χ1v) is 10.8. The molecule has 33 heavy (non-hydrogen) atoms. The summed E-state index contributed by atoms with van der Waals surface area (Å²) in [6, 6.07) is 10.8. The molecule has 168 valence electrons. The van der Waals surface area contributed by atoms with Crippen molar-refractivity contribution in [2.24, 2.45) is 11.8 Å². The summed E-state index contributed by atoms with van der Waals surface area (Å²) in [7, 11) is 1.37. The lowest BCUT2D eigenvalue weighted by atomic mass is 9.75. The fourth-order valence-electron chi connectivity index (χ4n) is 6.36. The minimum Gasteiger partial charge on any atom is -0.495 e. The van der Waals surface area contributed by atoms with Crippen LogP contribution in [0.4, 0.5) is 17.1 Å². The highest BCUT2D eigenvalue weighted by molar-refractivity contribution is 6.26. The van der Waals surface area contributed by atoms with E-state index in [-0.39, 0.29) is 29.1 Å². The summed E-state index contributed by atoms with van der Waals surface area (Å²) in [5.41, 5.74) is -0.173. The average molecular weight is 448 g/mol. The second-order valence-electron chi connectivity index (χ2n) is 8.80. The number of ether oxygens (including phenoxy) is 1. The molecule has 2 aromatic rings. The van der Waals surface area contributed by atoms with E-state index in [0.717, 1.165) is 11.3 Å². The minimum absolute atomic E-state index is 0.0301. The monoisotopic (exact) mass is 448 g/mol. The zero-order valence-corrected chi connectivity index (χ0v) is 17.7. The van der Waals surface area contributed by atoms with Crippen molar-refractivity contribution in [2.75, 3.05) is 23.9 Å². The second kappa shape index (κ2) is 6.61. The fraction of sp³-hybridized carbons (Fsp3) is 0.348. The predicted octanol–water partition coefficient (Wildman–Crippen LogP) is 2.03. The molecule has 3 saturated heterocycles. The van der Waals surface area contributed by atoms with Crippen molar-refractivity contribution < 1.29 is 24.0 Å². The number of imide groups is 1. The maximum Gasteiger partial charge on any atom is 0.271 e. The highest BCUT2D eigenvalue weighted by atomic mass is 16.6. The van der Waals surface area contributed by atoms with E-state index in [2.05, 4.69) is 5.32 Å². The van der Waals surface area contributed by atoms with Crippen molar-refractivity contribution in [1.29, 1.82) is 0 Å². The Morgan fingerprint density at radius 3 is 2.70 bits per heavy atom. The van der Waals surface area contributed by atoms with Crippen LogP contribution in [0.1, 0.15) is 18.4 Å². The molecule has 0 radical (unpaired) electrons. The number of nitrogens with one attached hydrogen (secondary N) is 1. The van der Waals surface area contributed by atoms with E-state index in [9.17, 15) is 24.5 Å². The molecule has 10 nitrogen and oxygen atoms in total. The number of carbonyl (C=O) groups is 3. The Hall–Kier alpha value is -3.79. The maximum absolute atomic E-state index is 14.0. The predicted molar refractivity (Wildman–Crippen MR) is 116 cm³/mol. The highest BCUT2D eigenvalue weighted by Gasteiger charge is 2.74. The average Bonchev–Trinajstić information content (AvgIpc) is 3.51. The first kappa shape index (κ1) is 19.9. The van der Waals surface area contributed by atoms with Gasteiger partial charge in [0, 0.05) is 29.4 Å². The van der Waals surface area contributed by atoms with Gasteiger partial charge in [0.05, 0.1) is 23.9 Å². The minimum atomic E-state index is -1.28. The third kappa shape index (κ3) is 2.28. The van der Waals surface area contributed by atoms with Crippen molar-refractivity contribution in [2.45, 2.75) is 24.4 Å². The molecule has 0 saturated carbocycles. The van der Waals surface area contributed by atoms with Crippen LogP contribution in [0.2, 0.25) is 0 Å². The van der Waals surface area contributed by atoms with Crippen LogP contribution >= 0.6 is 0 Å². The molecule has 1 N–H and O–H groups in total. The van der Waals surface area contributed by atoms with Crippen LogP contribution in [0.5, 0.6) is 5.75 Å². The summed E-state index contributed by atoms with van der Waals surface area (Å²) in [4.78, 5) is 55.1. The summed E-state index contributed by atoms with van der Waals surface area (Å²) in [5, 5.41) is 14.3. The first-order chi connectivity index (χ1) is 15.9. The molecule has 4 atom stereocenters. The van der Waals surface area contributed by atoms with Crippen molar-refractivity contribution in [3.63, 3.8) is 0 Å². The molecule has 4 aliphatic heterocycles. The van der Waals surface area contributed by atoms with Gasteiger partial charge in [0.1, 0.15) is 17.0 Å². The largest absolute Gasteiger partial charge is 0.495 e. The lowest BCUT2D eigenvalue weighted by molar-refractivity contribution is -0.384. The molecule has 4 aliphatic rings. The van der Waals surface area contributed by atoms with Gasteiger partial charge in [-0.15, -0.1) is 0 Å². The number of hydrogen-bond donors (Lipinski definition) is 1. The number of para-hydroxylation sites is 1. The normalized spacial score (nSPS) is 29.9. The molecule has 3 fully saturated rings. The highest BCUT2D eigenvalue weighted by Crippen LogP contribution is 2.61. The Balaban J connectivity index is 1.55. The fourth-order valence-corrected chi connectivity index (χ4v) is 6.36. The van der Waals surface area contributed by atoms with Crippen LogP contribution in [-0.4, -0.2) is 47.2 Å². The van der Waals surface area contributed by atoms with E-state index in [1.165, 1.54) is 25.3 Å². The summed E-state index contributed by atoms with van der Waals surface area (Å²) in [5.74, 6) is -2.77. The van der Waals surface area contributed by atoms with E-state index in [0.29, 0.717) is 24.2 Å². The van der Waals surface area contributed by atoms with Crippen molar-refractivity contribution >= 4 is 34.8 Å². The lowest BCUT2D eigenvalue weighted by Crippen LogP contribution is -2.54. The van der Waals surface area contributed by atoms with Crippen molar-refractivity contribution in [3.05, 3.63) is 58.1 Å². The number of amides is 3. The maximum atomic E-state index is 14.0. The molecule has 2 aromatic carbocycles. The standard InChI is InChI=1S/C23H20N4O6/c1-33-17-9-8-12(27(31)32)11-16(17)26-20(28)18-15-7-4-10-25(15)23(19(18)21(26)29)13-5-2-3-6-14(13)24-22(23)30/h2-3,5-6,8-9,11,15,18-19H,4,7,10H2,1H3,(H,24,30)/t15-,18+,19+,23-/m0/s1. The number of anilines is 2. The molecular weight excluding hydrogens is 428 g/mol. The van der Waals surface area contributed by atoms with Gasteiger partial charge < -0.3 is 10.1 Å². The molecular formula is C23H20N4O6. The number of non-ortho nitro benzene ring substituents is 1. The van der Waals surface area contributed by atoms with Gasteiger partial charge >= 0.3 is 0 Å². The number of fused-ring (bicyclic) bond motifs is 7. The number of nitro groups is 1. The van der Waals surface area contributed by atoms with E-state index in [4.69, 9.17) is 4.74 Å². The second-order valence-corrected chi connectivity index (χ2v) is 8.80. The molecule has 4 heterocycles. The Bertz CT molecular complexity index is 1260. The van der Waals surface area contributed by atoms with Crippen LogP contribution in [-0.2, 0) is 19.9 Å². The van der Waals surface area contributed by atoms with Crippen LogP contribution in [0.25, 0.3) is 0 Å². The van der Waals surface area contributed by atoms with Gasteiger partial charge in [-0.3, -0.25) is 29.4 Å². The molecule has 10 heteroatoms. The SMILES string of the molecule is COc1ccc([N+](=O)[O-])cc1N1C(=O)[C@@H]2[C@@H]3CCCN3[C@]3(C(=O)Nc4ccccc43)[C@H]2C1=O. The zero-order valence-electron chi connectivity index (χ0n) is 17.7. The zero-order chi connectivity index (χ0) is 23.1. The van der Waals surface area contributed by atoms with Gasteiger partial charge in [-0.2, -0.15) is 0 Å². The third-order valence-electron chi connectivity index (χ3n) is 7.51. The van der Waals surface area contributed by atoms with Crippen LogP contribution in [0, 0.1) is 22.0 Å². The number of nitrogens with zero attached hydrogens (tertiary/aromatic N) is 3. The lowest BCUT2D eigenvalue weighted by Gasteiger charge is -2.36. The molecule has 1 spiro atoms. The van der Waals surface area contributed by atoms with Gasteiger partial charge in [-0.25, -0.2) is 4.90 Å². The van der Waals surface area contributed by atoms with Crippen molar-refractivity contribution in [3.8, 4) is 5.75 Å².